The smallest absolute Gasteiger partial charge is 0.590 e. The molecule has 1 aliphatic rings. The van der Waals surface area contributed by atoms with Crippen molar-refractivity contribution < 1.29 is 51.0 Å². The Kier molecular flexibility index (Phi) is 3.84. The Morgan fingerprint density at radius 1 is 1.07 bits per heavy atom. The van der Waals surface area contributed by atoms with Gasteiger partial charge in [0.25, 0.3) is 17.2 Å². The van der Waals surface area contributed by atoms with Crippen LogP contribution in [0, 0.1) is 10.2 Å². The predicted octanol–water partition coefficient (Wildman–Crippen LogP) is -3.18. The summed E-state index contributed by atoms with van der Waals surface area (Å²) in [5, 5.41) is 0. The van der Waals surface area contributed by atoms with E-state index in [1.165, 1.54) is 0 Å². The van der Waals surface area contributed by atoms with Crippen molar-refractivity contribution in [2.24, 2.45) is 0 Å². The van der Waals surface area contributed by atoms with Gasteiger partial charge in [-0.05, 0) is 12.1 Å². The Morgan fingerprint density at radius 3 is 2.52 bits per heavy atom. The molecule has 0 aromatic carbocycles. The lowest BCUT2D eigenvalue weighted by Gasteiger charge is -2.25. The summed E-state index contributed by atoms with van der Waals surface area (Å²) in [5.41, 5.74) is 2.09. The molecule has 0 saturated heterocycles. The summed E-state index contributed by atoms with van der Waals surface area (Å²) in [4.78, 5) is 2.91. The average Bonchev–Trinajstić information content (AvgIpc) is 3.10. The van der Waals surface area contributed by atoms with Crippen LogP contribution in [0.5, 0.6) is 5.88 Å². The fourth-order valence-electron chi connectivity index (χ4n) is 3.11. The van der Waals surface area contributed by atoms with Crippen LogP contribution in [-0.2, 0) is 0 Å². The molecule has 0 saturated carbocycles. The summed E-state index contributed by atoms with van der Waals surface area (Å²) in [6.45, 7) is 0. The van der Waals surface area contributed by atoms with Gasteiger partial charge in [0.05, 0.1) is 12.4 Å². The van der Waals surface area contributed by atoms with Gasteiger partial charge in [0.2, 0.25) is 5.65 Å². The summed E-state index contributed by atoms with van der Waals surface area (Å²) in [6.07, 6.45) is 5.25. The van der Waals surface area contributed by atoms with Gasteiger partial charge in [-0.2, -0.15) is 4.40 Å². The normalized spacial score (nSPS) is 14.9. The highest BCUT2D eigenvalue weighted by Crippen LogP contribution is 2.32. The molecule has 0 amide bonds. The van der Waals surface area contributed by atoms with Crippen molar-refractivity contribution in [2.75, 3.05) is 0 Å². The highest BCUT2D eigenvalue weighted by Gasteiger charge is 2.51. The van der Waals surface area contributed by atoms with Crippen LogP contribution in [0.2, 0.25) is 0 Å². The minimum atomic E-state index is -4.94. The maximum absolute atomic E-state index is 14.5. The molecule has 0 unspecified atom stereocenters. The lowest BCUT2D eigenvalue weighted by Crippen LogP contribution is -2.68. The molecule has 9 nitrogen and oxygen atoms in total. The summed E-state index contributed by atoms with van der Waals surface area (Å²) < 4.78 is 72.5. The van der Waals surface area contributed by atoms with Gasteiger partial charge in [0.1, 0.15) is 6.20 Å². The van der Waals surface area contributed by atoms with Crippen molar-refractivity contribution in [1.82, 2.24) is 9.38 Å². The molecule has 5 heterocycles. The first-order valence-electron chi connectivity index (χ1n) is 7.51. The Morgan fingerprint density at radius 2 is 1.78 bits per heavy atom. The highest BCUT2D eigenvalue weighted by molar-refractivity contribution is 6.51. The van der Waals surface area contributed by atoms with Crippen molar-refractivity contribution >= 4 is 18.3 Å². The number of aromatic nitrogens is 4. The number of nitrogens with one attached hydrogen (secondary N) is 1. The Labute approximate surface area is 151 Å². The SMILES string of the molecule is F[B-]1(F)Oc2[nH]c3cccc[n+]3c2-c2cn3ccccc3[n+]21.[O-][Cl+3]([O-])([O-])[O-]. The topological polar surface area (TPSA) is 130 Å². The molecule has 4 aromatic rings. The molecular weight excluding hydrogens is 388 g/mol. The number of aromatic amines is 1. The van der Waals surface area contributed by atoms with E-state index in [9.17, 15) is 8.63 Å². The van der Waals surface area contributed by atoms with Crippen molar-refractivity contribution in [1.29, 1.82) is 0 Å². The maximum atomic E-state index is 14.5. The molecular formula is C14H10BClF2N4O5. The van der Waals surface area contributed by atoms with E-state index in [1.54, 1.807) is 35.0 Å². The number of hydrogen-bond acceptors (Lipinski definition) is 5. The Balaban J connectivity index is 0.000000323. The number of halogens is 3. The molecule has 0 radical (unpaired) electrons. The molecule has 27 heavy (non-hydrogen) atoms. The fourth-order valence-corrected chi connectivity index (χ4v) is 3.11. The van der Waals surface area contributed by atoms with Gasteiger partial charge in [-0.1, -0.05) is 12.1 Å². The molecule has 0 fully saturated rings. The van der Waals surface area contributed by atoms with Crippen molar-refractivity contribution in [2.45, 2.75) is 0 Å². The van der Waals surface area contributed by atoms with E-state index in [-0.39, 0.29) is 5.88 Å². The molecule has 1 N–H and O–H groups in total. The van der Waals surface area contributed by atoms with Gasteiger partial charge in [-0.25, -0.2) is 28.0 Å². The van der Waals surface area contributed by atoms with E-state index in [0.29, 0.717) is 22.7 Å². The number of imidazole rings is 2. The summed E-state index contributed by atoms with van der Waals surface area (Å²) >= 11 is 0. The standard InChI is InChI=1S/C14H9BF2N4O.ClHO4/c16-15(17)21-10(9-19-7-3-2-6-12(19)21)13-14(22-15)18-11-5-1-4-8-20(11)13;2-1(3,4)5/h1-9H;(H,2,3,4,5). The molecule has 0 bridgehead atoms. The van der Waals surface area contributed by atoms with Crippen molar-refractivity contribution in [3.8, 4) is 17.3 Å². The van der Waals surface area contributed by atoms with E-state index in [4.69, 9.17) is 23.3 Å². The van der Waals surface area contributed by atoms with E-state index < -0.39 is 17.3 Å². The largest absolute Gasteiger partial charge is 0.737 e. The molecule has 4 aromatic heterocycles. The van der Waals surface area contributed by atoms with Crippen LogP contribution in [0.15, 0.2) is 55.0 Å². The zero-order valence-electron chi connectivity index (χ0n) is 13.3. The van der Waals surface area contributed by atoms with Crippen LogP contribution in [-0.4, -0.2) is 16.4 Å². The minimum Gasteiger partial charge on any atom is -0.590 e. The molecule has 13 heteroatoms. The monoisotopic (exact) mass is 398 g/mol. The van der Waals surface area contributed by atoms with E-state index in [2.05, 4.69) is 4.98 Å². The van der Waals surface area contributed by atoms with Gasteiger partial charge in [-0.15, -0.1) is 10.2 Å². The molecule has 1 aliphatic heterocycles. The summed E-state index contributed by atoms with van der Waals surface area (Å²) in [6, 6.07) is 10.7. The fraction of sp³-hybridized carbons (Fsp3) is 0. The number of pyridine rings is 2. The van der Waals surface area contributed by atoms with Gasteiger partial charge in [0.15, 0.2) is 5.69 Å². The maximum Gasteiger partial charge on any atom is 0.737 e. The second-order valence-electron chi connectivity index (χ2n) is 5.67. The number of fused-ring (bicyclic) bond motifs is 7. The molecule has 0 aliphatic carbocycles. The highest BCUT2D eigenvalue weighted by atomic mass is 35.7. The number of H-pyrrole nitrogens is 1. The van der Waals surface area contributed by atoms with Gasteiger partial charge < -0.3 is 17.8 Å². The number of nitrogens with zero attached hydrogens (tertiary/aromatic N) is 3. The van der Waals surface area contributed by atoms with Gasteiger partial charge in [-0.3, -0.25) is 0 Å². The molecule has 0 atom stereocenters. The summed E-state index contributed by atoms with van der Waals surface area (Å²) in [7, 11) is -9.14. The van der Waals surface area contributed by atoms with Crippen molar-refractivity contribution in [3.05, 3.63) is 55.0 Å². The minimum absolute atomic E-state index is 0.0899. The molecule has 0 spiro atoms. The van der Waals surface area contributed by atoms with Crippen LogP contribution in [0.25, 0.3) is 22.7 Å². The number of rotatable bonds is 0. The van der Waals surface area contributed by atoms with E-state index in [1.807, 2.05) is 28.8 Å². The van der Waals surface area contributed by atoms with Crippen LogP contribution < -0.4 is 32.2 Å². The lowest BCUT2D eigenvalue weighted by atomic mass is 10.0. The van der Waals surface area contributed by atoms with Crippen LogP contribution in [0.1, 0.15) is 0 Å². The van der Waals surface area contributed by atoms with Gasteiger partial charge in [0, 0.05) is 12.1 Å². The molecule has 140 valence electrons. The van der Waals surface area contributed by atoms with Crippen LogP contribution >= 0.6 is 0 Å². The first kappa shape index (κ1) is 17.6. The lowest BCUT2D eigenvalue weighted by molar-refractivity contribution is -2.00. The van der Waals surface area contributed by atoms with Gasteiger partial charge >= 0.3 is 7.04 Å². The number of hydrogen-bond donors (Lipinski definition) is 1. The Bertz CT molecular complexity index is 1150. The second-order valence-corrected chi connectivity index (χ2v) is 6.42. The predicted molar refractivity (Wildman–Crippen MR) is 74.5 cm³/mol. The Hall–Kier alpha value is -2.77. The quantitative estimate of drug-likeness (QED) is 0.247. The summed E-state index contributed by atoms with van der Waals surface area (Å²) in [5.74, 6) is 0.0899. The second kappa shape index (κ2) is 5.87. The van der Waals surface area contributed by atoms with Crippen molar-refractivity contribution in [3.63, 3.8) is 0 Å². The van der Waals surface area contributed by atoms with Crippen LogP contribution in [0.4, 0.5) is 8.63 Å². The third-order valence-electron chi connectivity index (χ3n) is 4.00. The van der Waals surface area contributed by atoms with E-state index >= 15 is 0 Å². The first-order chi connectivity index (χ1) is 12.6. The molecule has 5 rings (SSSR count). The average molecular weight is 399 g/mol. The van der Waals surface area contributed by atoms with E-state index in [0.717, 1.165) is 4.48 Å². The van der Waals surface area contributed by atoms with Crippen LogP contribution in [0.3, 0.4) is 0 Å². The zero-order chi connectivity index (χ0) is 19.4. The first-order valence-corrected chi connectivity index (χ1v) is 8.74. The third kappa shape index (κ3) is 3.09. The zero-order valence-corrected chi connectivity index (χ0v) is 14.0. The third-order valence-corrected chi connectivity index (χ3v) is 4.00.